The third-order valence-corrected chi connectivity index (χ3v) is 4.38. The fourth-order valence-corrected chi connectivity index (χ4v) is 3.13. The van der Waals surface area contributed by atoms with Crippen LogP contribution in [0.15, 0.2) is 22.7 Å². The van der Waals surface area contributed by atoms with E-state index in [1.165, 1.54) is 6.07 Å². The van der Waals surface area contributed by atoms with Crippen molar-refractivity contribution in [1.29, 1.82) is 0 Å². The molecule has 6 nitrogen and oxygen atoms in total. The number of carbonyl (C=O) groups is 1. The molecule has 0 radical (unpaired) electrons. The van der Waals surface area contributed by atoms with Crippen LogP contribution >= 0.6 is 11.6 Å². The summed E-state index contributed by atoms with van der Waals surface area (Å²) in [5.74, 6) is -0.773. The summed E-state index contributed by atoms with van der Waals surface area (Å²) in [6.45, 7) is 1.45. The van der Waals surface area contributed by atoms with Crippen molar-refractivity contribution in [3.8, 4) is 0 Å². The summed E-state index contributed by atoms with van der Waals surface area (Å²) in [6.07, 6.45) is 2.29. The Hall–Kier alpha value is -1.99. The third-order valence-electron chi connectivity index (χ3n) is 4.02. The van der Waals surface area contributed by atoms with Crippen LogP contribution in [0.25, 0.3) is 0 Å². The van der Waals surface area contributed by atoms with Crippen molar-refractivity contribution >= 4 is 17.5 Å². The van der Waals surface area contributed by atoms with E-state index in [1.54, 1.807) is 12.1 Å². The molecule has 0 saturated carbocycles. The van der Waals surface area contributed by atoms with Gasteiger partial charge in [-0.2, -0.15) is 4.98 Å². The maximum absolute atomic E-state index is 13.8. The van der Waals surface area contributed by atoms with Crippen LogP contribution < -0.4 is 5.73 Å². The SMILES string of the molecule is NC(=O)c1noc([C@@H]2CCCN2CCc2c(F)cccc2Cl)n1. The normalized spacial score (nSPS) is 18.4. The fourth-order valence-electron chi connectivity index (χ4n) is 2.87. The van der Waals surface area contributed by atoms with Crippen LogP contribution in [0.5, 0.6) is 0 Å². The van der Waals surface area contributed by atoms with Gasteiger partial charge in [0.1, 0.15) is 5.82 Å². The molecule has 2 aromatic rings. The quantitative estimate of drug-likeness (QED) is 0.904. The molecule has 2 heterocycles. The van der Waals surface area contributed by atoms with Gasteiger partial charge in [-0.25, -0.2) is 4.39 Å². The van der Waals surface area contributed by atoms with Gasteiger partial charge in [0.2, 0.25) is 5.89 Å². The highest BCUT2D eigenvalue weighted by Crippen LogP contribution is 2.31. The first-order valence-corrected chi connectivity index (χ1v) is 7.74. The number of benzene rings is 1. The van der Waals surface area contributed by atoms with Crippen molar-refractivity contribution in [1.82, 2.24) is 15.0 Å². The number of nitrogens with two attached hydrogens (primary N) is 1. The molecular formula is C15H16ClFN4O2. The summed E-state index contributed by atoms with van der Waals surface area (Å²) in [7, 11) is 0. The molecule has 1 aromatic heterocycles. The number of amides is 1. The monoisotopic (exact) mass is 338 g/mol. The topological polar surface area (TPSA) is 85.2 Å². The van der Waals surface area contributed by atoms with Gasteiger partial charge in [-0.05, 0) is 37.9 Å². The van der Waals surface area contributed by atoms with Crippen molar-refractivity contribution in [2.75, 3.05) is 13.1 Å². The fraction of sp³-hybridized carbons (Fsp3) is 0.400. The van der Waals surface area contributed by atoms with Gasteiger partial charge in [0.05, 0.1) is 6.04 Å². The van der Waals surface area contributed by atoms with E-state index in [0.717, 1.165) is 19.4 Å². The second-order valence-electron chi connectivity index (χ2n) is 5.46. The number of hydrogen-bond acceptors (Lipinski definition) is 5. The number of nitrogens with zero attached hydrogens (tertiary/aromatic N) is 3. The van der Waals surface area contributed by atoms with Crippen molar-refractivity contribution in [2.45, 2.75) is 25.3 Å². The van der Waals surface area contributed by atoms with Crippen molar-refractivity contribution in [3.05, 3.63) is 46.3 Å². The summed E-state index contributed by atoms with van der Waals surface area (Å²) in [5, 5.41) is 4.00. The Kier molecular flexibility index (Phi) is 4.58. The summed E-state index contributed by atoms with van der Waals surface area (Å²) < 4.78 is 19.0. The highest BCUT2D eigenvalue weighted by molar-refractivity contribution is 6.31. The molecule has 2 N–H and O–H groups in total. The first kappa shape index (κ1) is 15.9. The van der Waals surface area contributed by atoms with Gasteiger partial charge < -0.3 is 10.3 Å². The summed E-state index contributed by atoms with van der Waals surface area (Å²) in [5.41, 5.74) is 5.64. The van der Waals surface area contributed by atoms with Gasteiger partial charge in [-0.3, -0.25) is 9.69 Å². The summed E-state index contributed by atoms with van der Waals surface area (Å²) in [4.78, 5) is 17.2. The molecule has 1 fully saturated rings. The van der Waals surface area contributed by atoms with Crippen molar-refractivity contribution < 1.29 is 13.7 Å². The Morgan fingerprint density at radius 3 is 3.04 bits per heavy atom. The molecule has 23 heavy (non-hydrogen) atoms. The predicted octanol–water partition coefficient (Wildman–Crippen LogP) is 2.34. The molecule has 1 aliphatic heterocycles. The first-order valence-electron chi connectivity index (χ1n) is 7.36. The molecule has 0 spiro atoms. The maximum atomic E-state index is 13.8. The number of rotatable bonds is 5. The molecule has 0 bridgehead atoms. The van der Waals surface area contributed by atoms with Gasteiger partial charge in [0.15, 0.2) is 0 Å². The molecule has 122 valence electrons. The van der Waals surface area contributed by atoms with E-state index in [9.17, 15) is 9.18 Å². The van der Waals surface area contributed by atoms with Crippen molar-refractivity contribution in [3.63, 3.8) is 0 Å². The zero-order chi connectivity index (χ0) is 16.4. The molecule has 1 aliphatic rings. The van der Waals surface area contributed by atoms with E-state index in [4.69, 9.17) is 21.9 Å². The summed E-state index contributed by atoms with van der Waals surface area (Å²) in [6, 6.07) is 4.59. The van der Waals surface area contributed by atoms with E-state index in [2.05, 4.69) is 15.0 Å². The van der Waals surface area contributed by atoms with E-state index >= 15 is 0 Å². The lowest BCUT2D eigenvalue weighted by Crippen LogP contribution is -2.26. The van der Waals surface area contributed by atoms with Gasteiger partial charge >= 0.3 is 0 Å². The molecule has 0 aliphatic carbocycles. The average molecular weight is 339 g/mol. The molecule has 3 rings (SSSR count). The van der Waals surface area contributed by atoms with Crippen molar-refractivity contribution in [2.24, 2.45) is 5.73 Å². The molecule has 0 unspecified atom stereocenters. The van der Waals surface area contributed by atoms with Crippen LogP contribution in [0, 0.1) is 5.82 Å². The minimum Gasteiger partial charge on any atom is -0.363 e. The number of likely N-dealkylation sites (tertiary alicyclic amines) is 1. The predicted molar refractivity (Wildman–Crippen MR) is 81.5 cm³/mol. The highest BCUT2D eigenvalue weighted by atomic mass is 35.5. The average Bonchev–Trinajstić information content (AvgIpc) is 3.15. The number of halogens is 2. The second-order valence-corrected chi connectivity index (χ2v) is 5.87. The minimum atomic E-state index is -0.720. The van der Waals surface area contributed by atoms with Crippen LogP contribution in [0.4, 0.5) is 4.39 Å². The minimum absolute atomic E-state index is 0.0823. The molecule has 1 amide bonds. The molecule has 8 heteroatoms. The zero-order valence-electron chi connectivity index (χ0n) is 12.3. The number of primary amides is 1. The van der Waals surface area contributed by atoms with Crippen LogP contribution in [-0.2, 0) is 6.42 Å². The smallest absolute Gasteiger partial charge is 0.290 e. The lowest BCUT2D eigenvalue weighted by molar-refractivity contribution is 0.0987. The Balaban J connectivity index is 1.70. The van der Waals surface area contributed by atoms with Gasteiger partial charge in [-0.15, -0.1) is 0 Å². The number of hydrogen-bond donors (Lipinski definition) is 1. The van der Waals surface area contributed by atoms with E-state index in [0.29, 0.717) is 29.4 Å². The van der Waals surface area contributed by atoms with Gasteiger partial charge in [0, 0.05) is 17.1 Å². The summed E-state index contributed by atoms with van der Waals surface area (Å²) >= 11 is 6.06. The third kappa shape index (κ3) is 3.35. The van der Waals surface area contributed by atoms with Crippen LogP contribution in [-0.4, -0.2) is 34.0 Å². The number of carbonyl (C=O) groups excluding carboxylic acids is 1. The lowest BCUT2D eigenvalue weighted by atomic mass is 10.1. The zero-order valence-corrected chi connectivity index (χ0v) is 13.1. The Bertz CT molecular complexity index is 701. The molecule has 1 atom stereocenters. The van der Waals surface area contributed by atoms with E-state index < -0.39 is 5.91 Å². The van der Waals surface area contributed by atoms with Crippen LogP contribution in [0.3, 0.4) is 0 Å². The Morgan fingerprint density at radius 2 is 2.35 bits per heavy atom. The van der Waals surface area contributed by atoms with Crippen LogP contribution in [0.2, 0.25) is 5.02 Å². The molecule has 1 aromatic carbocycles. The van der Waals surface area contributed by atoms with E-state index in [1.807, 2.05) is 0 Å². The molecular weight excluding hydrogens is 323 g/mol. The van der Waals surface area contributed by atoms with Gasteiger partial charge in [0.25, 0.3) is 11.7 Å². The second kappa shape index (κ2) is 6.64. The highest BCUT2D eigenvalue weighted by Gasteiger charge is 2.31. The van der Waals surface area contributed by atoms with E-state index in [-0.39, 0.29) is 17.7 Å². The lowest BCUT2D eigenvalue weighted by Gasteiger charge is -2.21. The Labute approximate surface area is 137 Å². The largest absolute Gasteiger partial charge is 0.363 e. The first-order chi connectivity index (χ1) is 11.1. The van der Waals surface area contributed by atoms with Crippen LogP contribution in [0.1, 0.15) is 41.0 Å². The maximum Gasteiger partial charge on any atom is 0.290 e. The van der Waals surface area contributed by atoms with Gasteiger partial charge in [-0.1, -0.05) is 22.8 Å². The Morgan fingerprint density at radius 1 is 1.52 bits per heavy atom. The molecule has 1 saturated heterocycles. The standard InChI is InChI=1S/C15H16ClFN4O2/c16-10-3-1-4-11(17)9(10)6-8-21-7-2-5-12(21)15-19-14(13(18)22)20-23-15/h1,3-4,12H,2,5-8H2,(H2,18,22)/t12-/m0/s1. The number of aromatic nitrogens is 2.